The lowest BCUT2D eigenvalue weighted by Crippen LogP contribution is -1.98. The molecule has 2 rings (SSSR count). The molecule has 3 heteroatoms. The summed E-state index contributed by atoms with van der Waals surface area (Å²) in [7, 11) is 0. The van der Waals surface area contributed by atoms with E-state index < -0.39 is 0 Å². The highest BCUT2D eigenvalue weighted by Gasteiger charge is 2.10. The third-order valence-corrected chi connectivity index (χ3v) is 4.01. The number of aliphatic hydroxyl groups is 1. The first-order valence-corrected chi connectivity index (χ1v) is 7.44. The molecule has 0 fully saturated rings. The van der Waals surface area contributed by atoms with Crippen LogP contribution in [0.4, 0.5) is 0 Å². The Balaban J connectivity index is 2.46. The van der Waals surface area contributed by atoms with E-state index in [4.69, 9.17) is 16.7 Å². The molecule has 0 radical (unpaired) electrons. The van der Waals surface area contributed by atoms with E-state index in [-0.39, 0.29) is 6.61 Å². The van der Waals surface area contributed by atoms with Gasteiger partial charge in [-0.3, -0.25) is 0 Å². The van der Waals surface area contributed by atoms with Crippen LogP contribution in [0.3, 0.4) is 0 Å². The molecule has 0 spiro atoms. The van der Waals surface area contributed by atoms with Gasteiger partial charge in [-0.2, -0.15) is 0 Å². The molecule has 1 heterocycles. The molecule has 0 atom stereocenters. The summed E-state index contributed by atoms with van der Waals surface area (Å²) < 4.78 is 2.22. The number of aliphatic hydroxyl groups excluding tert-OH is 1. The molecule has 104 valence electrons. The standard InChI is InChI=1S/C16H22ClNO/c1-3-4-6-13-11-18(7-5-8-19)16-10-15(17)12(2)9-14(13)16/h9-11,19H,3-8H2,1-2H3. The van der Waals surface area contributed by atoms with Crippen molar-refractivity contribution in [2.75, 3.05) is 6.61 Å². The first kappa shape index (κ1) is 14.4. The summed E-state index contributed by atoms with van der Waals surface area (Å²) in [6.07, 6.45) is 6.53. The third kappa shape index (κ3) is 3.13. The molecule has 2 nitrogen and oxygen atoms in total. The minimum absolute atomic E-state index is 0.226. The van der Waals surface area contributed by atoms with Gasteiger partial charge in [0.05, 0.1) is 0 Å². The van der Waals surface area contributed by atoms with E-state index in [1.54, 1.807) is 0 Å². The van der Waals surface area contributed by atoms with Crippen LogP contribution in [0, 0.1) is 6.92 Å². The molecule has 0 aliphatic heterocycles. The highest BCUT2D eigenvalue weighted by atomic mass is 35.5. The number of benzene rings is 1. The maximum Gasteiger partial charge on any atom is 0.0498 e. The third-order valence-electron chi connectivity index (χ3n) is 3.60. The molecule has 0 amide bonds. The van der Waals surface area contributed by atoms with Crippen molar-refractivity contribution in [3.63, 3.8) is 0 Å². The minimum atomic E-state index is 0.226. The topological polar surface area (TPSA) is 25.2 Å². The van der Waals surface area contributed by atoms with Gasteiger partial charge in [-0.05, 0) is 49.4 Å². The average molecular weight is 280 g/mol. The molecule has 1 N–H and O–H groups in total. The van der Waals surface area contributed by atoms with Gasteiger partial charge >= 0.3 is 0 Å². The quantitative estimate of drug-likeness (QED) is 0.837. The second kappa shape index (κ2) is 6.44. The van der Waals surface area contributed by atoms with E-state index in [2.05, 4.69) is 36.7 Å². The molecular weight excluding hydrogens is 258 g/mol. The van der Waals surface area contributed by atoms with Crippen LogP contribution < -0.4 is 0 Å². The summed E-state index contributed by atoms with van der Waals surface area (Å²) in [5.74, 6) is 0. The zero-order valence-electron chi connectivity index (χ0n) is 11.7. The maximum absolute atomic E-state index is 9.01. The fourth-order valence-electron chi connectivity index (χ4n) is 2.49. The SMILES string of the molecule is CCCCc1cn(CCCO)c2cc(Cl)c(C)cc12. The van der Waals surface area contributed by atoms with Gasteiger partial charge in [0.15, 0.2) is 0 Å². The number of fused-ring (bicyclic) bond motifs is 1. The van der Waals surface area contributed by atoms with Crippen molar-refractivity contribution in [3.8, 4) is 0 Å². The summed E-state index contributed by atoms with van der Waals surface area (Å²) in [6.45, 7) is 5.34. The second-order valence-corrected chi connectivity index (χ2v) is 5.55. The molecule has 1 aromatic heterocycles. The number of hydrogen-bond acceptors (Lipinski definition) is 1. The number of rotatable bonds is 6. The Morgan fingerprint density at radius 3 is 2.74 bits per heavy atom. The van der Waals surface area contributed by atoms with Gasteiger partial charge in [-0.25, -0.2) is 0 Å². The molecule has 1 aromatic carbocycles. The van der Waals surface area contributed by atoms with E-state index in [1.807, 2.05) is 0 Å². The highest BCUT2D eigenvalue weighted by Crippen LogP contribution is 2.29. The van der Waals surface area contributed by atoms with Crippen LogP contribution in [0.2, 0.25) is 5.02 Å². The Labute approximate surface area is 120 Å². The lowest BCUT2D eigenvalue weighted by Gasteiger charge is -2.05. The average Bonchev–Trinajstić information content (AvgIpc) is 2.72. The number of nitrogens with zero attached hydrogens (tertiary/aromatic N) is 1. The van der Waals surface area contributed by atoms with E-state index in [0.717, 1.165) is 30.0 Å². The first-order chi connectivity index (χ1) is 9.17. The molecule has 0 saturated carbocycles. The van der Waals surface area contributed by atoms with Gasteiger partial charge in [-0.15, -0.1) is 0 Å². The van der Waals surface area contributed by atoms with Gasteiger partial charge in [0.25, 0.3) is 0 Å². The number of halogens is 1. The highest BCUT2D eigenvalue weighted by molar-refractivity contribution is 6.32. The maximum atomic E-state index is 9.01. The fraction of sp³-hybridized carbons (Fsp3) is 0.500. The van der Waals surface area contributed by atoms with Crippen molar-refractivity contribution < 1.29 is 5.11 Å². The first-order valence-electron chi connectivity index (χ1n) is 7.06. The monoisotopic (exact) mass is 279 g/mol. The summed E-state index contributed by atoms with van der Waals surface area (Å²) in [6, 6.07) is 4.25. The smallest absolute Gasteiger partial charge is 0.0498 e. The molecule has 0 aliphatic rings. The zero-order valence-corrected chi connectivity index (χ0v) is 12.5. The van der Waals surface area contributed by atoms with Crippen molar-refractivity contribution in [2.24, 2.45) is 0 Å². The van der Waals surface area contributed by atoms with Crippen LogP contribution in [-0.2, 0) is 13.0 Å². The van der Waals surface area contributed by atoms with Gasteiger partial charge in [0, 0.05) is 35.3 Å². The summed E-state index contributed by atoms with van der Waals surface area (Å²) >= 11 is 6.24. The molecule has 19 heavy (non-hydrogen) atoms. The zero-order chi connectivity index (χ0) is 13.8. The van der Waals surface area contributed by atoms with Crippen LogP contribution in [0.5, 0.6) is 0 Å². The Bertz CT molecular complexity index is 511. The molecule has 0 saturated heterocycles. The Morgan fingerprint density at radius 2 is 2.05 bits per heavy atom. The van der Waals surface area contributed by atoms with Crippen molar-refractivity contribution >= 4 is 22.5 Å². The lowest BCUT2D eigenvalue weighted by molar-refractivity contribution is 0.280. The Kier molecular flexibility index (Phi) is 4.89. The van der Waals surface area contributed by atoms with Gasteiger partial charge in [-0.1, -0.05) is 24.9 Å². The van der Waals surface area contributed by atoms with Crippen LogP contribution in [-0.4, -0.2) is 16.3 Å². The largest absolute Gasteiger partial charge is 0.396 e. The molecular formula is C16H22ClNO. The van der Waals surface area contributed by atoms with Crippen molar-refractivity contribution in [3.05, 3.63) is 34.5 Å². The molecule has 0 bridgehead atoms. The van der Waals surface area contributed by atoms with Gasteiger partial charge in [0.2, 0.25) is 0 Å². The van der Waals surface area contributed by atoms with Crippen LogP contribution >= 0.6 is 11.6 Å². The fourth-order valence-corrected chi connectivity index (χ4v) is 2.64. The van der Waals surface area contributed by atoms with E-state index in [9.17, 15) is 0 Å². The number of unbranched alkanes of at least 4 members (excludes halogenated alkanes) is 1. The molecule has 0 unspecified atom stereocenters. The molecule has 0 aliphatic carbocycles. The van der Waals surface area contributed by atoms with Gasteiger partial charge < -0.3 is 9.67 Å². The molecule has 2 aromatic rings. The summed E-state index contributed by atoms with van der Waals surface area (Å²) in [5, 5.41) is 11.1. The van der Waals surface area contributed by atoms with Crippen molar-refractivity contribution in [1.82, 2.24) is 4.57 Å². The number of aromatic nitrogens is 1. The number of hydrogen-bond donors (Lipinski definition) is 1. The Hall–Kier alpha value is -0.990. The summed E-state index contributed by atoms with van der Waals surface area (Å²) in [4.78, 5) is 0. The van der Waals surface area contributed by atoms with E-state index in [0.29, 0.717) is 0 Å². The predicted octanol–water partition coefficient (Wildman–Crippen LogP) is 4.33. The van der Waals surface area contributed by atoms with E-state index in [1.165, 1.54) is 29.3 Å². The Morgan fingerprint density at radius 1 is 1.26 bits per heavy atom. The summed E-state index contributed by atoms with van der Waals surface area (Å²) in [5.41, 5.74) is 3.72. The second-order valence-electron chi connectivity index (χ2n) is 5.15. The van der Waals surface area contributed by atoms with Crippen molar-refractivity contribution in [1.29, 1.82) is 0 Å². The van der Waals surface area contributed by atoms with Crippen LogP contribution in [0.1, 0.15) is 37.3 Å². The van der Waals surface area contributed by atoms with Gasteiger partial charge in [0.1, 0.15) is 0 Å². The minimum Gasteiger partial charge on any atom is -0.396 e. The van der Waals surface area contributed by atoms with E-state index >= 15 is 0 Å². The van der Waals surface area contributed by atoms with Crippen molar-refractivity contribution in [2.45, 2.75) is 46.1 Å². The predicted molar refractivity (Wildman–Crippen MR) is 82.0 cm³/mol. The van der Waals surface area contributed by atoms with Crippen LogP contribution in [0.25, 0.3) is 10.9 Å². The lowest BCUT2D eigenvalue weighted by atomic mass is 10.1. The van der Waals surface area contributed by atoms with Crippen LogP contribution in [0.15, 0.2) is 18.3 Å². The number of aryl methyl sites for hydroxylation is 3. The normalized spacial score (nSPS) is 11.4.